The zero-order valence-corrected chi connectivity index (χ0v) is 13.4. The highest BCUT2D eigenvalue weighted by molar-refractivity contribution is 9.10. The van der Waals surface area contributed by atoms with E-state index in [4.69, 9.17) is 15.2 Å². The summed E-state index contributed by atoms with van der Waals surface area (Å²) in [6.45, 7) is -0.327. The number of nitrogen functional groups attached to an aromatic ring is 1. The Labute approximate surface area is 136 Å². The quantitative estimate of drug-likeness (QED) is 0.501. The second kappa shape index (κ2) is 7.09. The molecular weight excluding hydrogens is 350 g/mol. The molecule has 0 spiro atoms. The van der Waals surface area contributed by atoms with Gasteiger partial charge in [0.05, 0.1) is 18.4 Å². The van der Waals surface area contributed by atoms with Crippen molar-refractivity contribution in [1.82, 2.24) is 0 Å². The van der Waals surface area contributed by atoms with Crippen molar-refractivity contribution >= 4 is 33.4 Å². The van der Waals surface area contributed by atoms with E-state index in [-0.39, 0.29) is 18.0 Å². The Hall–Kier alpha value is -2.34. The molecule has 0 radical (unpaired) electrons. The molecule has 0 bridgehead atoms. The van der Waals surface area contributed by atoms with Crippen LogP contribution in [0, 0.1) is 0 Å². The third-order valence-electron chi connectivity index (χ3n) is 2.97. The Morgan fingerprint density at radius 3 is 2.32 bits per heavy atom. The number of carbonyl (C=O) groups is 2. The molecule has 0 saturated heterocycles. The number of anilines is 1. The van der Waals surface area contributed by atoms with Gasteiger partial charge >= 0.3 is 5.97 Å². The van der Waals surface area contributed by atoms with Gasteiger partial charge in [-0.3, -0.25) is 4.79 Å². The maximum Gasteiger partial charge on any atom is 0.338 e. The number of Topliss-reactive ketones (excluding diaryl/α,β-unsaturated/α-hetero) is 1. The maximum absolute atomic E-state index is 11.9. The van der Waals surface area contributed by atoms with Crippen molar-refractivity contribution in [2.45, 2.75) is 0 Å². The molecule has 0 amide bonds. The number of halogens is 1. The van der Waals surface area contributed by atoms with Gasteiger partial charge in [-0.25, -0.2) is 4.79 Å². The van der Waals surface area contributed by atoms with Gasteiger partial charge in [0.25, 0.3) is 0 Å². The topological polar surface area (TPSA) is 78.6 Å². The molecular formula is C16H14BrNO4. The lowest BCUT2D eigenvalue weighted by Gasteiger charge is -2.07. The number of hydrogen-bond donors (Lipinski definition) is 1. The van der Waals surface area contributed by atoms with Gasteiger partial charge in [0.1, 0.15) is 5.75 Å². The summed E-state index contributed by atoms with van der Waals surface area (Å²) in [6, 6.07) is 11.4. The van der Waals surface area contributed by atoms with E-state index in [1.807, 2.05) is 0 Å². The van der Waals surface area contributed by atoms with Crippen LogP contribution in [0.2, 0.25) is 0 Å². The number of rotatable bonds is 5. The van der Waals surface area contributed by atoms with E-state index in [9.17, 15) is 9.59 Å². The minimum atomic E-state index is -0.611. The molecule has 0 aliphatic carbocycles. The molecule has 0 aliphatic rings. The second-order valence-electron chi connectivity index (χ2n) is 4.46. The highest BCUT2D eigenvalue weighted by Crippen LogP contribution is 2.22. The minimum absolute atomic E-state index is 0.266. The molecule has 0 atom stereocenters. The fraction of sp³-hybridized carbons (Fsp3) is 0.125. The van der Waals surface area contributed by atoms with E-state index in [1.54, 1.807) is 30.3 Å². The van der Waals surface area contributed by atoms with E-state index in [0.717, 1.165) is 4.47 Å². The number of nitrogens with two attached hydrogens (primary N) is 1. The first-order chi connectivity index (χ1) is 10.5. The summed E-state index contributed by atoms with van der Waals surface area (Å²) in [7, 11) is 1.49. The maximum atomic E-state index is 11.9. The number of ketones is 1. The number of esters is 1. The lowest BCUT2D eigenvalue weighted by Crippen LogP contribution is -2.14. The van der Waals surface area contributed by atoms with Gasteiger partial charge in [-0.1, -0.05) is 28.1 Å². The first kappa shape index (κ1) is 16.0. The summed E-state index contributed by atoms with van der Waals surface area (Å²) in [4.78, 5) is 23.8. The average Bonchev–Trinajstić information content (AvgIpc) is 2.52. The van der Waals surface area contributed by atoms with Crippen molar-refractivity contribution in [1.29, 1.82) is 0 Å². The van der Waals surface area contributed by atoms with Gasteiger partial charge in [0.2, 0.25) is 0 Å². The van der Waals surface area contributed by atoms with Crippen LogP contribution >= 0.6 is 15.9 Å². The van der Waals surface area contributed by atoms with Crippen molar-refractivity contribution < 1.29 is 19.1 Å². The zero-order valence-electron chi connectivity index (χ0n) is 11.8. The Kier molecular flexibility index (Phi) is 5.16. The molecule has 0 saturated carbocycles. The molecule has 114 valence electrons. The van der Waals surface area contributed by atoms with Crippen molar-refractivity contribution in [2.75, 3.05) is 19.5 Å². The SMILES string of the molecule is COc1ccc(C(=O)OCC(=O)c2ccc(Br)cc2)cc1N. The summed E-state index contributed by atoms with van der Waals surface area (Å²) < 4.78 is 10.9. The van der Waals surface area contributed by atoms with E-state index in [0.29, 0.717) is 17.0 Å². The molecule has 2 aromatic carbocycles. The smallest absolute Gasteiger partial charge is 0.338 e. The van der Waals surface area contributed by atoms with Gasteiger partial charge in [-0.2, -0.15) is 0 Å². The normalized spacial score (nSPS) is 10.1. The molecule has 5 nitrogen and oxygen atoms in total. The number of methoxy groups -OCH3 is 1. The Morgan fingerprint density at radius 1 is 1.09 bits per heavy atom. The largest absolute Gasteiger partial charge is 0.495 e. The predicted octanol–water partition coefficient (Wildman–Crippen LogP) is 3.08. The number of hydrogen-bond acceptors (Lipinski definition) is 5. The Morgan fingerprint density at radius 2 is 1.73 bits per heavy atom. The molecule has 0 aromatic heterocycles. The first-order valence-electron chi connectivity index (χ1n) is 6.40. The number of ether oxygens (including phenoxy) is 2. The third-order valence-corrected chi connectivity index (χ3v) is 3.49. The molecule has 0 aliphatic heterocycles. The van der Waals surface area contributed by atoms with Crippen molar-refractivity contribution in [3.8, 4) is 5.75 Å². The van der Waals surface area contributed by atoms with E-state index in [1.165, 1.54) is 19.2 Å². The predicted molar refractivity (Wildman–Crippen MR) is 86.2 cm³/mol. The molecule has 2 rings (SSSR count). The van der Waals surface area contributed by atoms with Gasteiger partial charge in [-0.05, 0) is 30.3 Å². The molecule has 0 unspecified atom stereocenters. The number of benzene rings is 2. The second-order valence-corrected chi connectivity index (χ2v) is 5.38. The van der Waals surface area contributed by atoms with E-state index in [2.05, 4.69) is 15.9 Å². The van der Waals surface area contributed by atoms with Crippen LogP contribution in [-0.2, 0) is 4.74 Å². The van der Waals surface area contributed by atoms with Crippen molar-refractivity contribution in [3.63, 3.8) is 0 Å². The van der Waals surface area contributed by atoms with Crippen LogP contribution in [0.1, 0.15) is 20.7 Å². The summed E-state index contributed by atoms with van der Waals surface area (Å²) in [5, 5.41) is 0. The van der Waals surface area contributed by atoms with Crippen LogP contribution in [0.15, 0.2) is 46.9 Å². The summed E-state index contributed by atoms with van der Waals surface area (Å²) in [5.41, 5.74) is 6.80. The standard InChI is InChI=1S/C16H14BrNO4/c1-21-15-7-4-11(8-13(15)18)16(20)22-9-14(19)10-2-5-12(17)6-3-10/h2-8H,9,18H2,1H3. The zero-order chi connectivity index (χ0) is 16.1. The third kappa shape index (κ3) is 3.85. The highest BCUT2D eigenvalue weighted by atomic mass is 79.9. The molecule has 0 heterocycles. The minimum Gasteiger partial charge on any atom is -0.495 e. The van der Waals surface area contributed by atoms with Crippen LogP contribution in [0.4, 0.5) is 5.69 Å². The summed E-state index contributed by atoms with van der Waals surface area (Å²) in [6.07, 6.45) is 0. The van der Waals surface area contributed by atoms with Gasteiger partial charge < -0.3 is 15.2 Å². The van der Waals surface area contributed by atoms with Crippen molar-refractivity contribution in [3.05, 3.63) is 58.1 Å². The monoisotopic (exact) mass is 363 g/mol. The van der Waals surface area contributed by atoms with E-state index < -0.39 is 5.97 Å². The highest BCUT2D eigenvalue weighted by Gasteiger charge is 2.13. The van der Waals surface area contributed by atoms with Crippen LogP contribution in [0.25, 0.3) is 0 Å². The summed E-state index contributed by atoms with van der Waals surface area (Å²) >= 11 is 3.29. The van der Waals surface area contributed by atoms with Crippen LogP contribution < -0.4 is 10.5 Å². The fourth-order valence-corrected chi connectivity index (χ4v) is 2.06. The van der Waals surface area contributed by atoms with Gasteiger partial charge in [0, 0.05) is 10.0 Å². The van der Waals surface area contributed by atoms with Crippen LogP contribution in [0.3, 0.4) is 0 Å². The fourth-order valence-electron chi connectivity index (χ4n) is 1.79. The van der Waals surface area contributed by atoms with Crippen molar-refractivity contribution in [2.24, 2.45) is 0 Å². The lowest BCUT2D eigenvalue weighted by atomic mass is 10.1. The molecule has 0 fully saturated rings. The van der Waals surface area contributed by atoms with Crippen LogP contribution in [0.5, 0.6) is 5.75 Å². The molecule has 2 aromatic rings. The lowest BCUT2D eigenvalue weighted by molar-refractivity contribution is 0.0475. The number of carbonyl (C=O) groups excluding carboxylic acids is 2. The van der Waals surface area contributed by atoms with Gasteiger partial charge in [0.15, 0.2) is 12.4 Å². The molecule has 6 heteroatoms. The molecule has 22 heavy (non-hydrogen) atoms. The Balaban J connectivity index is 1.99. The van der Waals surface area contributed by atoms with E-state index >= 15 is 0 Å². The molecule has 2 N–H and O–H groups in total. The van der Waals surface area contributed by atoms with Gasteiger partial charge in [-0.15, -0.1) is 0 Å². The summed E-state index contributed by atoms with van der Waals surface area (Å²) in [5.74, 6) is -0.412. The average molecular weight is 364 g/mol. The first-order valence-corrected chi connectivity index (χ1v) is 7.20. The Bertz CT molecular complexity index is 698. The van der Waals surface area contributed by atoms with Crippen LogP contribution in [-0.4, -0.2) is 25.5 Å².